The van der Waals surface area contributed by atoms with Crippen LogP contribution < -0.4 is 10.5 Å². The minimum absolute atomic E-state index is 0. The first kappa shape index (κ1) is 15.6. The summed E-state index contributed by atoms with van der Waals surface area (Å²) < 4.78 is 5.91. The van der Waals surface area contributed by atoms with Crippen molar-refractivity contribution in [3.8, 4) is 11.5 Å². The molecule has 0 radical (unpaired) electrons. The third-order valence-electron chi connectivity index (χ3n) is 2.40. The Morgan fingerprint density at radius 2 is 2.12 bits per heavy atom. The van der Waals surface area contributed by atoms with E-state index in [0.717, 1.165) is 16.5 Å². The highest BCUT2D eigenvalue weighted by Crippen LogP contribution is 2.35. The molecule has 0 fully saturated rings. The predicted octanol–water partition coefficient (Wildman–Crippen LogP) is 2.86. The van der Waals surface area contributed by atoms with Gasteiger partial charge in [-0.05, 0) is 25.0 Å². The van der Waals surface area contributed by atoms with E-state index in [1.54, 1.807) is 6.07 Å². The molecule has 0 aliphatic carbocycles. The second kappa shape index (κ2) is 6.99. The Hall–Kier alpha value is -0.450. The zero-order chi connectivity index (χ0) is 11.4. The lowest BCUT2D eigenvalue weighted by atomic mass is 10.0. The standard InChI is InChI=1S/C11H16BrNO2.ClH/c1-3-7(13)6-8-9(12)4-5-10(15-2)11(8)14;/h4-5,7,14H,3,6,13H2,1-2H3;1H. The van der Waals surface area contributed by atoms with Crippen LogP contribution in [0.3, 0.4) is 0 Å². The lowest BCUT2D eigenvalue weighted by Gasteiger charge is -2.14. The van der Waals surface area contributed by atoms with E-state index < -0.39 is 0 Å². The molecule has 1 aromatic rings. The number of ether oxygens (including phenoxy) is 1. The molecule has 1 aromatic carbocycles. The maximum absolute atomic E-state index is 9.90. The first-order valence-corrected chi connectivity index (χ1v) is 5.69. The summed E-state index contributed by atoms with van der Waals surface area (Å²) in [4.78, 5) is 0. The van der Waals surface area contributed by atoms with Gasteiger partial charge in [-0.3, -0.25) is 0 Å². The van der Waals surface area contributed by atoms with Crippen LogP contribution in [0, 0.1) is 0 Å². The van der Waals surface area contributed by atoms with Crippen molar-refractivity contribution in [1.82, 2.24) is 0 Å². The van der Waals surface area contributed by atoms with Crippen LogP contribution in [0.5, 0.6) is 11.5 Å². The van der Waals surface area contributed by atoms with Gasteiger partial charge in [-0.25, -0.2) is 0 Å². The molecular formula is C11H17BrClNO2. The molecule has 0 amide bonds. The van der Waals surface area contributed by atoms with Gasteiger partial charge < -0.3 is 15.6 Å². The molecule has 0 aromatic heterocycles. The number of phenols is 1. The lowest BCUT2D eigenvalue weighted by molar-refractivity contribution is 0.369. The lowest BCUT2D eigenvalue weighted by Crippen LogP contribution is -2.21. The minimum atomic E-state index is 0. The summed E-state index contributed by atoms with van der Waals surface area (Å²) in [5.74, 6) is 0.660. The molecule has 0 spiro atoms. The average molecular weight is 311 g/mol. The minimum Gasteiger partial charge on any atom is -0.504 e. The second-order valence-electron chi connectivity index (χ2n) is 3.45. The zero-order valence-corrected chi connectivity index (χ0v) is 11.8. The van der Waals surface area contributed by atoms with E-state index in [1.807, 2.05) is 13.0 Å². The summed E-state index contributed by atoms with van der Waals surface area (Å²) in [6, 6.07) is 3.63. The van der Waals surface area contributed by atoms with Gasteiger partial charge in [0.1, 0.15) is 0 Å². The van der Waals surface area contributed by atoms with E-state index in [4.69, 9.17) is 10.5 Å². The average Bonchev–Trinajstić information content (AvgIpc) is 2.24. The Morgan fingerprint density at radius 3 is 2.62 bits per heavy atom. The van der Waals surface area contributed by atoms with E-state index in [9.17, 15) is 5.11 Å². The summed E-state index contributed by atoms with van der Waals surface area (Å²) in [5.41, 5.74) is 6.67. The molecule has 3 N–H and O–H groups in total. The first-order valence-electron chi connectivity index (χ1n) is 4.90. The maximum atomic E-state index is 9.90. The number of phenolic OH excluding ortho intramolecular Hbond substituents is 1. The Bertz CT molecular complexity index is 347. The summed E-state index contributed by atoms with van der Waals surface area (Å²) in [7, 11) is 1.53. The number of hydrogen-bond acceptors (Lipinski definition) is 3. The van der Waals surface area contributed by atoms with Gasteiger partial charge in [-0.1, -0.05) is 22.9 Å². The monoisotopic (exact) mass is 309 g/mol. The summed E-state index contributed by atoms with van der Waals surface area (Å²) in [5, 5.41) is 9.90. The van der Waals surface area contributed by atoms with Gasteiger partial charge in [0.2, 0.25) is 0 Å². The van der Waals surface area contributed by atoms with Gasteiger partial charge in [0, 0.05) is 16.1 Å². The number of aromatic hydroxyl groups is 1. The number of halogens is 2. The van der Waals surface area contributed by atoms with Crippen molar-refractivity contribution in [2.24, 2.45) is 5.73 Å². The predicted molar refractivity (Wildman–Crippen MR) is 71.6 cm³/mol. The van der Waals surface area contributed by atoms with Crippen molar-refractivity contribution in [2.75, 3.05) is 7.11 Å². The van der Waals surface area contributed by atoms with Crippen molar-refractivity contribution in [3.05, 3.63) is 22.2 Å². The fraction of sp³-hybridized carbons (Fsp3) is 0.455. The largest absolute Gasteiger partial charge is 0.504 e. The Balaban J connectivity index is 0.00000225. The molecule has 0 saturated heterocycles. The number of methoxy groups -OCH3 is 1. The van der Waals surface area contributed by atoms with Crippen LogP contribution in [0.4, 0.5) is 0 Å². The van der Waals surface area contributed by atoms with E-state index in [2.05, 4.69) is 15.9 Å². The molecule has 0 saturated carbocycles. The maximum Gasteiger partial charge on any atom is 0.162 e. The Morgan fingerprint density at radius 1 is 1.50 bits per heavy atom. The SMILES string of the molecule is CCC(N)Cc1c(Br)ccc(OC)c1O.Cl. The van der Waals surface area contributed by atoms with Gasteiger partial charge in [0.25, 0.3) is 0 Å². The number of benzene rings is 1. The van der Waals surface area contributed by atoms with Crippen LogP contribution in [0.25, 0.3) is 0 Å². The van der Waals surface area contributed by atoms with Crippen LogP contribution >= 0.6 is 28.3 Å². The highest BCUT2D eigenvalue weighted by molar-refractivity contribution is 9.10. The topological polar surface area (TPSA) is 55.5 Å². The molecule has 0 aliphatic rings. The molecule has 5 heteroatoms. The smallest absolute Gasteiger partial charge is 0.162 e. The van der Waals surface area contributed by atoms with Crippen molar-refractivity contribution < 1.29 is 9.84 Å². The molecule has 1 atom stereocenters. The Kier molecular flexibility index (Phi) is 6.79. The molecule has 1 rings (SSSR count). The van der Waals surface area contributed by atoms with Crippen LogP contribution in [-0.2, 0) is 6.42 Å². The quantitative estimate of drug-likeness (QED) is 0.899. The Labute approximate surface area is 111 Å². The number of nitrogens with two attached hydrogens (primary N) is 1. The van der Waals surface area contributed by atoms with Crippen LogP contribution in [0.1, 0.15) is 18.9 Å². The molecule has 92 valence electrons. The van der Waals surface area contributed by atoms with E-state index >= 15 is 0 Å². The van der Waals surface area contributed by atoms with E-state index in [1.165, 1.54) is 7.11 Å². The van der Waals surface area contributed by atoms with Gasteiger partial charge in [0.05, 0.1) is 7.11 Å². The first-order chi connectivity index (χ1) is 7.10. The fourth-order valence-electron chi connectivity index (χ4n) is 1.36. The molecular weight excluding hydrogens is 293 g/mol. The number of hydrogen-bond donors (Lipinski definition) is 2. The molecule has 0 heterocycles. The fourth-order valence-corrected chi connectivity index (χ4v) is 1.84. The zero-order valence-electron chi connectivity index (χ0n) is 9.37. The van der Waals surface area contributed by atoms with Crippen LogP contribution in [0.2, 0.25) is 0 Å². The summed E-state index contributed by atoms with van der Waals surface area (Å²) in [6.07, 6.45) is 1.52. The summed E-state index contributed by atoms with van der Waals surface area (Å²) >= 11 is 3.40. The van der Waals surface area contributed by atoms with Gasteiger partial charge in [-0.2, -0.15) is 0 Å². The normalized spacial score (nSPS) is 11.8. The third kappa shape index (κ3) is 3.54. The molecule has 3 nitrogen and oxygen atoms in total. The molecule has 0 aliphatic heterocycles. The van der Waals surface area contributed by atoms with Crippen molar-refractivity contribution in [2.45, 2.75) is 25.8 Å². The molecule has 16 heavy (non-hydrogen) atoms. The van der Waals surface area contributed by atoms with E-state index in [-0.39, 0.29) is 24.2 Å². The van der Waals surface area contributed by atoms with Crippen molar-refractivity contribution >= 4 is 28.3 Å². The highest BCUT2D eigenvalue weighted by Gasteiger charge is 2.13. The van der Waals surface area contributed by atoms with Crippen LogP contribution in [-0.4, -0.2) is 18.3 Å². The molecule has 0 bridgehead atoms. The van der Waals surface area contributed by atoms with Crippen LogP contribution in [0.15, 0.2) is 16.6 Å². The third-order valence-corrected chi connectivity index (χ3v) is 3.14. The van der Waals surface area contributed by atoms with Gasteiger partial charge in [-0.15, -0.1) is 12.4 Å². The van der Waals surface area contributed by atoms with Gasteiger partial charge in [0.15, 0.2) is 11.5 Å². The highest BCUT2D eigenvalue weighted by atomic mass is 79.9. The summed E-state index contributed by atoms with van der Waals surface area (Å²) in [6.45, 7) is 2.02. The number of rotatable bonds is 4. The van der Waals surface area contributed by atoms with Gasteiger partial charge >= 0.3 is 0 Å². The van der Waals surface area contributed by atoms with Crippen molar-refractivity contribution in [3.63, 3.8) is 0 Å². The van der Waals surface area contributed by atoms with Crippen molar-refractivity contribution in [1.29, 1.82) is 0 Å². The molecule has 1 unspecified atom stereocenters. The van der Waals surface area contributed by atoms with E-state index in [0.29, 0.717) is 12.2 Å². The second-order valence-corrected chi connectivity index (χ2v) is 4.30.